The van der Waals surface area contributed by atoms with Gasteiger partial charge in [0.1, 0.15) is 5.58 Å². The van der Waals surface area contributed by atoms with Crippen molar-refractivity contribution >= 4 is 11.0 Å². The first-order valence-corrected chi connectivity index (χ1v) is 3.68. The van der Waals surface area contributed by atoms with Crippen LogP contribution in [0.3, 0.4) is 0 Å². The van der Waals surface area contributed by atoms with Crippen LogP contribution in [0.5, 0.6) is 0 Å². The Hall–Kier alpha value is -1.32. The van der Waals surface area contributed by atoms with E-state index >= 15 is 0 Å². The Labute approximate surface area is 69.7 Å². The molecular formula is C9H9NO2. The summed E-state index contributed by atoms with van der Waals surface area (Å²) in [6.45, 7) is 0.432. The van der Waals surface area contributed by atoms with Crippen molar-refractivity contribution in [1.82, 2.24) is 0 Å². The molecule has 0 radical (unpaired) electrons. The smallest absolute Gasteiger partial charge is 0.133 e. The molecular weight excluding hydrogens is 154 g/mol. The summed E-state index contributed by atoms with van der Waals surface area (Å²) in [4.78, 5) is 4.52. The first kappa shape index (κ1) is 7.34. The maximum absolute atomic E-state index is 5.18. The Bertz CT molecular complexity index is 381. The van der Waals surface area contributed by atoms with Crippen LogP contribution in [0.4, 0.5) is 0 Å². The topological polar surface area (TPSA) is 48.4 Å². The lowest BCUT2D eigenvalue weighted by atomic mass is 10.2. The van der Waals surface area contributed by atoms with Crippen LogP contribution in [0, 0.1) is 0 Å². The molecule has 1 aromatic heterocycles. The van der Waals surface area contributed by atoms with Gasteiger partial charge in [-0.05, 0) is 23.8 Å². The van der Waals surface area contributed by atoms with Gasteiger partial charge in [0, 0.05) is 5.39 Å². The molecule has 2 N–H and O–H groups in total. The van der Waals surface area contributed by atoms with Gasteiger partial charge in [-0.1, -0.05) is 6.07 Å². The number of hydrogen-bond donors (Lipinski definition) is 1. The van der Waals surface area contributed by atoms with E-state index in [-0.39, 0.29) is 0 Å². The summed E-state index contributed by atoms with van der Waals surface area (Å²) < 4.78 is 5.18. The van der Waals surface area contributed by atoms with Crippen LogP contribution in [0.25, 0.3) is 11.0 Å². The molecule has 2 rings (SSSR count). The highest BCUT2D eigenvalue weighted by molar-refractivity contribution is 5.77. The molecule has 0 aliphatic heterocycles. The van der Waals surface area contributed by atoms with E-state index in [0.29, 0.717) is 6.61 Å². The lowest BCUT2D eigenvalue weighted by Gasteiger charge is -1.97. The van der Waals surface area contributed by atoms with E-state index < -0.39 is 0 Å². The van der Waals surface area contributed by atoms with Crippen LogP contribution >= 0.6 is 0 Å². The zero-order chi connectivity index (χ0) is 8.39. The third-order valence-electron chi connectivity index (χ3n) is 1.77. The number of hydrogen-bond acceptors (Lipinski definition) is 3. The molecule has 0 spiro atoms. The Morgan fingerprint density at radius 3 is 3.08 bits per heavy atom. The average Bonchev–Trinajstić information content (AvgIpc) is 2.51. The molecule has 3 heteroatoms. The van der Waals surface area contributed by atoms with Crippen molar-refractivity contribution < 1.29 is 9.25 Å². The van der Waals surface area contributed by atoms with E-state index in [2.05, 4.69) is 4.84 Å². The second-order valence-corrected chi connectivity index (χ2v) is 2.60. The molecule has 62 valence electrons. The van der Waals surface area contributed by atoms with E-state index in [1.807, 2.05) is 24.3 Å². The number of fused-ring (bicyclic) bond motifs is 1. The summed E-state index contributed by atoms with van der Waals surface area (Å²) in [7, 11) is 0. The molecule has 0 fully saturated rings. The molecule has 0 atom stereocenters. The summed E-state index contributed by atoms with van der Waals surface area (Å²) in [5.74, 6) is 4.96. The standard InChI is InChI=1S/C9H9NO2/c10-12-6-7-1-2-9-8(5-7)3-4-11-9/h1-5H,6,10H2. The van der Waals surface area contributed by atoms with Crippen molar-refractivity contribution in [3.63, 3.8) is 0 Å². The van der Waals surface area contributed by atoms with Gasteiger partial charge in [-0.25, -0.2) is 5.90 Å². The quantitative estimate of drug-likeness (QED) is 0.687. The Morgan fingerprint density at radius 1 is 1.33 bits per heavy atom. The molecule has 2 aromatic rings. The summed E-state index contributed by atoms with van der Waals surface area (Å²) in [5, 5.41) is 1.07. The van der Waals surface area contributed by atoms with Crippen molar-refractivity contribution in [2.24, 2.45) is 5.90 Å². The van der Waals surface area contributed by atoms with Gasteiger partial charge < -0.3 is 4.42 Å². The van der Waals surface area contributed by atoms with Crippen LogP contribution in [0.15, 0.2) is 34.9 Å². The number of rotatable bonds is 2. The lowest BCUT2D eigenvalue weighted by molar-refractivity contribution is 0.124. The van der Waals surface area contributed by atoms with Gasteiger partial charge >= 0.3 is 0 Å². The number of furan rings is 1. The van der Waals surface area contributed by atoms with Gasteiger partial charge in [0.15, 0.2) is 0 Å². The van der Waals surface area contributed by atoms with Gasteiger partial charge in [0.2, 0.25) is 0 Å². The van der Waals surface area contributed by atoms with E-state index in [4.69, 9.17) is 10.3 Å². The highest BCUT2D eigenvalue weighted by Gasteiger charge is 1.97. The van der Waals surface area contributed by atoms with E-state index in [9.17, 15) is 0 Å². The fraction of sp³-hybridized carbons (Fsp3) is 0.111. The van der Waals surface area contributed by atoms with Crippen LogP contribution in [-0.4, -0.2) is 0 Å². The zero-order valence-corrected chi connectivity index (χ0v) is 6.49. The van der Waals surface area contributed by atoms with Gasteiger partial charge in [0.05, 0.1) is 12.9 Å². The highest BCUT2D eigenvalue weighted by atomic mass is 16.6. The molecule has 0 saturated carbocycles. The second kappa shape index (κ2) is 2.97. The average molecular weight is 163 g/mol. The van der Waals surface area contributed by atoms with Crippen LogP contribution < -0.4 is 5.90 Å². The van der Waals surface area contributed by atoms with Gasteiger partial charge in [0.25, 0.3) is 0 Å². The van der Waals surface area contributed by atoms with Gasteiger partial charge in [-0.3, -0.25) is 4.84 Å². The first-order valence-electron chi connectivity index (χ1n) is 3.68. The zero-order valence-electron chi connectivity index (χ0n) is 6.49. The minimum Gasteiger partial charge on any atom is -0.464 e. The van der Waals surface area contributed by atoms with E-state index in [0.717, 1.165) is 16.5 Å². The van der Waals surface area contributed by atoms with E-state index in [1.54, 1.807) is 6.26 Å². The highest BCUT2D eigenvalue weighted by Crippen LogP contribution is 2.16. The fourth-order valence-electron chi connectivity index (χ4n) is 1.20. The van der Waals surface area contributed by atoms with Gasteiger partial charge in [-0.15, -0.1) is 0 Å². The Morgan fingerprint density at radius 2 is 2.25 bits per heavy atom. The molecule has 0 amide bonds. The molecule has 12 heavy (non-hydrogen) atoms. The largest absolute Gasteiger partial charge is 0.464 e. The normalized spacial score (nSPS) is 10.8. The van der Waals surface area contributed by atoms with Gasteiger partial charge in [-0.2, -0.15) is 0 Å². The van der Waals surface area contributed by atoms with Crippen LogP contribution in [0.1, 0.15) is 5.56 Å². The third-order valence-corrected chi connectivity index (χ3v) is 1.77. The monoisotopic (exact) mass is 163 g/mol. The first-order chi connectivity index (χ1) is 5.90. The summed E-state index contributed by atoms with van der Waals surface area (Å²) in [5.41, 5.74) is 1.93. The van der Waals surface area contributed by atoms with Crippen molar-refractivity contribution in [2.75, 3.05) is 0 Å². The maximum atomic E-state index is 5.18. The fourth-order valence-corrected chi connectivity index (χ4v) is 1.20. The lowest BCUT2D eigenvalue weighted by Crippen LogP contribution is -1.98. The second-order valence-electron chi connectivity index (χ2n) is 2.60. The Balaban J connectivity index is 2.46. The predicted molar refractivity (Wildman–Crippen MR) is 45.2 cm³/mol. The molecule has 0 aliphatic carbocycles. The van der Waals surface area contributed by atoms with Crippen LogP contribution in [-0.2, 0) is 11.4 Å². The number of benzene rings is 1. The molecule has 0 aliphatic rings. The molecule has 0 unspecified atom stereocenters. The number of nitrogens with two attached hydrogens (primary N) is 1. The molecule has 3 nitrogen and oxygen atoms in total. The SMILES string of the molecule is NOCc1ccc2occc2c1. The summed E-state index contributed by atoms with van der Waals surface area (Å²) >= 11 is 0. The molecule has 0 saturated heterocycles. The summed E-state index contributed by atoms with van der Waals surface area (Å²) in [6.07, 6.45) is 1.66. The van der Waals surface area contributed by atoms with E-state index in [1.165, 1.54) is 0 Å². The van der Waals surface area contributed by atoms with Crippen molar-refractivity contribution in [3.8, 4) is 0 Å². The minimum absolute atomic E-state index is 0.432. The van der Waals surface area contributed by atoms with Crippen LogP contribution in [0.2, 0.25) is 0 Å². The Kier molecular flexibility index (Phi) is 1.81. The summed E-state index contributed by atoms with van der Waals surface area (Å²) in [6, 6.07) is 7.74. The molecule has 1 aromatic carbocycles. The van der Waals surface area contributed by atoms with Crippen molar-refractivity contribution in [1.29, 1.82) is 0 Å². The third kappa shape index (κ3) is 1.20. The van der Waals surface area contributed by atoms with Crippen molar-refractivity contribution in [2.45, 2.75) is 6.61 Å². The molecule has 0 bridgehead atoms. The minimum atomic E-state index is 0.432. The predicted octanol–water partition coefficient (Wildman–Crippen LogP) is 1.82. The maximum Gasteiger partial charge on any atom is 0.133 e. The van der Waals surface area contributed by atoms with Crippen molar-refractivity contribution in [3.05, 3.63) is 36.1 Å². The molecule has 1 heterocycles.